The number of H-pyrrole nitrogens is 1. The summed E-state index contributed by atoms with van der Waals surface area (Å²) in [6.45, 7) is 3.23. The normalized spacial score (nSPS) is 21.4. The molecular formula is C29H31F4N3O. The zero-order valence-corrected chi connectivity index (χ0v) is 20.8. The van der Waals surface area contributed by atoms with E-state index in [1.807, 2.05) is 41.0 Å². The fourth-order valence-electron chi connectivity index (χ4n) is 5.66. The smallest absolute Gasteiger partial charge is 0.135 e. The Kier molecular flexibility index (Phi) is 7.45. The van der Waals surface area contributed by atoms with Crippen molar-refractivity contribution in [2.24, 2.45) is 11.8 Å². The van der Waals surface area contributed by atoms with Crippen molar-refractivity contribution in [2.75, 3.05) is 46.1 Å². The van der Waals surface area contributed by atoms with Crippen LogP contribution in [-0.4, -0.2) is 67.0 Å². The maximum atomic E-state index is 15.7. The van der Waals surface area contributed by atoms with Gasteiger partial charge >= 0.3 is 0 Å². The lowest BCUT2D eigenvalue weighted by Crippen LogP contribution is -2.49. The van der Waals surface area contributed by atoms with E-state index in [0.717, 1.165) is 16.5 Å². The van der Waals surface area contributed by atoms with Gasteiger partial charge in [0, 0.05) is 72.4 Å². The number of aromatic amines is 1. The van der Waals surface area contributed by atoms with Gasteiger partial charge in [-0.15, -0.1) is 6.42 Å². The lowest BCUT2D eigenvalue weighted by atomic mass is 9.87. The number of likely N-dealkylation sites (tertiary alicyclic amines) is 1. The number of terminal acetylenes is 1. The van der Waals surface area contributed by atoms with Gasteiger partial charge in [0.1, 0.15) is 30.7 Å². The van der Waals surface area contributed by atoms with Crippen molar-refractivity contribution in [3.63, 3.8) is 0 Å². The number of halogens is 4. The molecule has 1 N–H and O–H groups in total. The third-order valence-corrected chi connectivity index (χ3v) is 7.62. The van der Waals surface area contributed by atoms with Crippen LogP contribution in [0.1, 0.15) is 29.8 Å². The highest BCUT2D eigenvalue weighted by atomic mass is 19.1. The zero-order chi connectivity index (χ0) is 26.1. The van der Waals surface area contributed by atoms with E-state index in [1.165, 1.54) is 12.1 Å². The molecule has 2 aliphatic rings. The average molecular weight is 514 g/mol. The first-order valence-corrected chi connectivity index (χ1v) is 12.7. The molecule has 0 aliphatic carbocycles. The van der Waals surface area contributed by atoms with Gasteiger partial charge in [0.2, 0.25) is 0 Å². The molecule has 0 amide bonds. The average Bonchev–Trinajstić information content (AvgIpc) is 3.22. The molecule has 0 radical (unpaired) electrons. The van der Waals surface area contributed by atoms with Crippen LogP contribution in [0.15, 0.2) is 36.4 Å². The Morgan fingerprint density at radius 3 is 2.57 bits per heavy atom. The van der Waals surface area contributed by atoms with Gasteiger partial charge in [-0.05, 0) is 25.0 Å². The summed E-state index contributed by atoms with van der Waals surface area (Å²) in [6.07, 6.45) is 6.19. The van der Waals surface area contributed by atoms with E-state index in [2.05, 4.69) is 10.9 Å². The quantitative estimate of drug-likeness (QED) is 0.312. The maximum Gasteiger partial charge on any atom is 0.135 e. The van der Waals surface area contributed by atoms with Crippen LogP contribution in [0.3, 0.4) is 0 Å². The minimum atomic E-state index is -0.804. The molecule has 2 aliphatic heterocycles. The molecule has 1 fully saturated rings. The third-order valence-electron chi connectivity index (χ3n) is 7.62. The summed E-state index contributed by atoms with van der Waals surface area (Å²) in [6, 6.07) is 9.24. The van der Waals surface area contributed by atoms with E-state index in [0.29, 0.717) is 31.7 Å². The van der Waals surface area contributed by atoms with Crippen molar-refractivity contribution in [3.8, 4) is 18.1 Å². The first kappa shape index (κ1) is 25.6. The van der Waals surface area contributed by atoms with Gasteiger partial charge in [-0.1, -0.05) is 24.1 Å². The van der Waals surface area contributed by atoms with Gasteiger partial charge in [-0.3, -0.25) is 14.2 Å². The molecule has 2 aromatic carbocycles. The summed E-state index contributed by atoms with van der Waals surface area (Å²) in [5, 5.41) is 1.01. The first-order chi connectivity index (χ1) is 17.9. The van der Waals surface area contributed by atoms with Crippen LogP contribution < -0.4 is 4.74 Å². The van der Waals surface area contributed by atoms with Crippen LogP contribution in [0, 0.1) is 35.8 Å². The number of hydrogen-bond acceptors (Lipinski definition) is 3. The minimum absolute atomic E-state index is 0.0657. The van der Waals surface area contributed by atoms with Crippen LogP contribution in [0.5, 0.6) is 5.75 Å². The molecule has 4 nitrogen and oxygen atoms in total. The number of nitrogens with one attached hydrogen (secondary N) is 1. The maximum absolute atomic E-state index is 15.7. The Labute approximate surface area is 214 Å². The predicted molar refractivity (Wildman–Crippen MR) is 136 cm³/mol. The molecule has 3 atom stereocenters. The minimum Gasteiger partial charge on any atom is -0.492 e. The number of benzene rings is 2. The number of fused-ring (bicyclic) bond motifs is 3. The molecule has 0 saturated carbocycles. The standard InChI is InChI=1S/C29H31F4N3O/c1-3-19(13-30)17-36-18(2)10-23-22-6-4-5-7-26(22)34-28(23)29(36)27-24(32)11-21(12-25(27)33)37-9-8-35-15-20(14-31)16-35/h1,4-7,11-12,18-20,29,34H,8-10,13-17H2,2H3/t18-,19-,29-/m1/s1. The Hall–Kier alpha value is -3.02. The summed E-state index contributed by atoms with van der Waals surface area (Å²) < 4.78 is 63.2. The van der Waals surface area contributed by atoms with Gasteiger partial charge in [0.05, 0.1) is 18.6 Å². The van der Waals surface area contributed by atoms with Crippen molar-refractivity contribution in [1.82, 2.24) is 14.8 Å². The third kappa shape index (κ3) is 4.95. The topological polar surface area (TPSA) is 31.5 Å². The molecular weight excluding hydrogens is 482 g/mol. The molecule has 0 unspecified atom stereocenters. The molecule has 1 aromatic heterocycles. The van der Waals surface area contributed by atoms with E-state index in [4.69, 9.17) is 11.2 Å². The number of para-hydroxylation sites is 1. The molecule has 37 heavy (non-hydrogen) atoms. The molecule has 5 rings (SSSR count). The largest absolute Gasteiger partial charge is 0.492 e. The van der Waals surface area contributed by atoms with Crippen molar-refractivity contribution < 1.29 is 22.3 Å². The zero-order valence-electron chi connectivity index (χ0n) is 20.8. The predicted octanol–water partition coefficient (Wildman–Crippen LogP) is 5.28. The number of nitrogens with zero attached hydrogens (tertiary/aromatic N) is 2. The van der Waals surface area contributed by atoms with Crippen molar-refractivity contribution in [3.05, 3.63) is 64.9 Å². The Morgan fingerprint density at radius 2 is 1.89 bits per heavy atom. The van der Waals surface area contributed by atoms with E-state index >= 15 is 8.78 Å². The number of hydrogen-bond donors (Lipinski definition) is 1. The summed E-state index contributed by atoms with van der Waals surface area (Å²) >= 11 is 0. The molecule has 0 spiro atoms. The van der Waals surface area contributed by atoms with E-state index in [1.54, 1.807) is 0 Å². The number of ether oxygens (including phenoxy) is 1. The van der Waals surface area contributed by atoms with Gasteiger partial charge in [-0.2, -0.15) is 0 Å². The lowest BCUT2D eigenvalue weighted by Gasteiger charge is -2.42. The fourth-order valence-corrected chi connectivity index (χ4v) is 5.66. The molecule has 0 bridgehead atoms. The van der Waals surface area contributed by atoms with E-state index in [-0.39, 0.29) is 43.1 Å². The molecule has 196 valence electrons. The van der Waals surface area contributed by atoms with Crippen LogP contribution in [0.25, 0.3) is 10.9 Å². The highest BCUT2D eigenvalue weighted by molar-refractivity contribution is 5.85. The number of alkyl halides is 2. The summed E-state index contributed by atoms with van der Waals surface area (Å²) in [7, 11) is 0. The van der Waals surface area contributed by atoms with Gasteiger partial charge in [-0.25, -0.2) is 13.2 Å². The second kappa shape index (κ2) is 10.8. The summed E-state index contributed by atoms with van der Waals surface area (Å²) in [4.78, 5) is 7.31. The SMILES string of the molecule is C#C[C@H](CF)CN1[C@H](c2c(F)cc(OCCN3CC(CF)C3)cc2F)c2[nH]c3ccccc3c2C[C@H]1C. The van der Waals surface area contributed by atoms with Crippen LogP contribution >= 0.6 is 0 Å². The first-order valence-electron chi connectivity index (χ1n) is 12.7. The van der Waals surface area contributed by atoms with Gasteiger partial charge in [0.15, 0.2) is 0 Å². The fraction of sp³-hybridized carbons (Fsp3) is 0.448. The lowest BCUT2D eigenvalue weighted by molar-refractivity contribution is 0.0667. The van der Waals surface area contributed by atoms with E-state index < -0.39 is 30.3 Å². The van der Waals surface area contributed by atoms with Crippen molar-refractivity contribution in [2.45, 2.75) is 25.4 Å². The van der Waals surface area contributed by atoms with Crippen molar-refractivity contribution in [1.29, 1.82) is 0 Å². The van der Waals surface area contributed by atoms with E-state index in [9.17, 15) is 8.78 Å². The van der Waals surface area contributed by atoms with Crippen molar-refractivity contribution >= 4 is 10.9 Å². The van der Waals surface area contributed by atoms with Gasteiger partial charge < -0.3 is 9.72 Å². The van der Waals surface area contributed by atoms with Crippen LogP contribution in [0.2, 0.25) is 0 Å². The Bertz CT molecular complexity index is 1270. The van der Waals surface area contributed by atoms with Crippen LogP contribution in [-0.2, 0) is 6.42 Å². The molecule has 3 heterocycles. The Balaban J connectivity index is 1.47. The number of aromatic nitrogens is 1. The molecule has 8 heteroatoms. The molecule has 1 saturated heterocycles. The van der Waals surface area contributed by atoms with Crippen LogP contribution in [0.4, 0.5) is 17.6 Å². The second-order valence-corrected chi connectivity index (χ2v) is 10.2. The highest BCUT2D eigenvalue weighted by Crippen LogP contribution is 2.43. The summed E-state index contributed by atoms with van der Waals surface area (Å²) in [5.41, 5.74) is 2.46. The van der Waals surface area contributed by atoms with Gasteiger partial charge in [0.25, 0.3) is 0 Å². The second-order valence-electron chi connectivity index (χ2n) is 10.2. The Morgan fingerprint density at radius 1 is 1.16 bits per heavy atom. The monoisotopic (exact) mass is 513 g/mol. The molecule has 3 aromatic rings. The number of rotatable bonds is 9. The summed E-state index contributed by atoms with van der Waals surface area (Å²) in [5.74, 6) is 0.473. The highest BCUT2D eigenvalue weighted by Gasteiger charge is 2.39.